The molecule has 0 spiro atoms. The van der Waals surface area contributed by atoms with E-state index in [4.69, 9.17) is 5.84 Å². The lowest BCUT2D eigenvalue weighted by molar-refractivity contribution is 0.603. The van der Waals surface area contributed by atoms with Gasteiger partial charge in [0.1, 0.15) is 5.82 Å². The van der Waals surface area contributed by atoms with E-state index in [1.54, 1.807) is 6.07 Å². The molecule has 0 aliphatic heterocycles. The largest absolute Gasteiger partial charge is 0.271 e. The first-order valence-corrected chi connectivity index (χ1v) is 6.95. The zero-order valence-corrected chi connectivity index (χ0v) is 12.2. The Bertz CT molecular complexity index is 572. The van der Waals surface area contributed by atoms with Gasteiger partial charge < -0.3 is 0 Å². The second-order valence-corrected chi connectivity index (χ2v) is 5.22. The highest BCUT2D eigenvalue weighted by Gasteiger charge is 2.16. The topological polar surface area (TPSA) is 38.0 Å². The average molecular weight is 323 g/mol. The molecule has 0 aliphatic carbocycles. The fraction of sp³-hybridized carbons (Fsp3) is 0.200. The van der Waals surface area contributed by atoms with Crippen molar-refractivity contribution in [2.75, 3.05) is 0 Å². The Hall–Kier alpha value is -1.23. The van der Waals surface area contributed by atoms with Crippen LogP contribution in [0.4, 0.5) is 4.39 Å². The summed E-state index contributed by atoms with van der Waals surface area (Å²) in [5.41, 5.74) is 5.79. The molecule has 2 aromatic rings. The van der Waals surface area contributed by atoms with Crippen molar-refractivity contribution in [2.24, 2.45) is 5.84 Å². The summed E-state index contributed by atoms with van der Waals surface area (Å²) in [6, 6.07) is 12.5. The molecule has 0 heterocycles. The predicted molar refractivity (Wildman–Crippen MR) is 79.1 cm³/mol. The summed E-state index contributed by atoms with van der Waals surface area (Å²) in [5, 5.41) is 0. The Balaban J connectivity index is 2.46. The van der Waals surface area contributed by atoms with E-state index in [9.17, 15) is 4.39 Å². The minimum Gasteiger partial charge on any atom is -0.271 e. The number of nitrogens with one attached hydrogen (secondary N) is 1. The molecule has 0 amide bonds. The van der Waals surface area contributed by atoms with E-state index in [2.05, 4.69) is 40.4 Å². The second-order valence-electron chi connectivity index (χ2n) is 4.36. The number of hydrogen-bond donors (Lipinski definition) is 2. The van der Waals surface area contributed by atoms with Gasteiger partial charge in [-0.2, -0.15) is 0 Å². The van der Waals surface area contributed by atoms with E-state index in [0.717, 1.165) is 22.0 Å². The minimum atomic E-state index is -0.273. The molecule has 3 N–H and O–H groups in total. The summed E-state index contributed by atoms with van der Waals surface area (Å²) < 4.78 is 14.2. The normalized spacial score (nSPS) is 12.4. The molecule has 4 heteroatoms. The maximum Gasteiger partial charge on any atom is 0.123 e. The van der Waals surface area contributed by atoms with E-state index in [1.165, 1.54) is 17.7 Å². The highest BCUT2D eigenvalue weighted by Crippen LogP contribution is 2.29. The van der Waals surface area contributed by atoms with Crippen molar-refractivity contribution >= 4 is 15.9 Å². The van der Waals surface area contributed by atoms with Crippen LogP contribution in [0.1, 0.15) is 29.7 Å². The number of aryl methyl sites for hydroxylation is 1. The van der Waals surface area contributed by atoms with Crippen molar-refractivity contribution in [1.29, 1.82) is 0 Å². The Morgan fingerprint density at radius 3 is 2.74 bits per heavy atom. The Morgan fingerprint density at radius 2 is 2.05 bits per heavy atom. The summed E-state index contributed by atoms with van der Waals surface area (Å²) in [4.78, 5) is 0. The van der Waals surface area contributed by atoms with Gasteiger partial charge in [-0.15, -0.1) is 0 Å². The van der Waals surface area contributed by atoms with Crippen molar-refractivity contribution in [1.82, 2.24) is 5.43 Å². The second kappa shape index (κ2) is 6.28. The fourth-order valence-corrected chi connectivity index (χ4v) is 2.57. The third kappa shape index (κ3) is 3.21. The monoisotopic (exact) mass is 322 g/mol. The molecule has 0 aliphatic rings. The van der Waals surface area contributed by atoms with Crippen molar-refractivity contribution in [2.45, 2.75) is 19.4 Å². The van der Waals surface area contributed by atoms with Gasteiger partial charge in [-0.1, -0.05) is 47.1 Å². The van der Waals surface area contributed by atoms with Crippen LogP contribution in [-0.2, 0) is 6.42 Å². The summed E-state index contributed by atoms with van der Waals surface area (Å²) in [6.45, 7) is 2.10. The standard InChI is InChI=1S/C15H16BrFN2/c1-2-10-4-3-5-11(8-10)15(19-18)13-9-12(17)6-7-14(13)16/h3-9,15,19H,2,18H2,1H3. The van der Waals surface area contributed by atoms with Gasteiger partial charge in [0.25, 0.3) is 0 Å². The molecule has 0 radical (unpaired) electrons. The molecular weight excluding hydrogens is 307 g/mol. The van der Waals surface area contributed by atoms with Crippen molar-refractivity contribution in [3.63, 3.8) is 0 Å². The zero-order chi connectivity index (χ0) is 13.8. The van der Waals surface area contributed by atoms with Crippen molar-refractivity contribution in [3.05, 3.63) is 69.4 Å². The maximum absolute atomic E-state index is 13.4. The molecule has 2 aromatic carbocycles. The van der Waals surface area contributed by atoms with E-state index in [0.29, 0.717) is 0 Å². The minimum absolute atomic E-state index is 0.239. The van der Waals surface area contributed by atoms with Gasteiger partial charge in [-0.3, -0.25) is 5.84 Å². The lowest BCUT2D eigenvalue weighted by Crippen LogP contribution is -2.29. The van der Waals surface area contributed by atoms with Crippen LogP contribution < -0.4 is 11.3 Å². The number of benzene rings is 2. The molecule has 100 valence electrons. The van der Waals surface area contributed by atoms with Crippen LogP contribution in [-0.4, -0.2) is 0 Å². The number of rotatable bonds is 4. The SMILES string of the molecule is CCc1cccc(C(NN)c2cc(F)ccc2Br)c1. The van der Waals surface area contributed by atoms with Gasteiger partial charge >= 0.3 is 0 Å². The molecule has 0 saturated heterocycles. The van der Waals surface area contributed by atoms with Crippen LogP contribution in [0.5, 0.6) is 0 Å². The van der Waals surface area contributed by atoms with Crippen molar-refractivity contribution in [3.8, 4) is 0 Å². The van der Waals surface area contributed by atoms with Gasteiger partial charge in [0, 0.05) is 4.47 Å². The summed E-state index contributed by atoms with van der Waals surface area (Å²) in [6.07, 6.45) is 0.954. The van der Waals surface area contributed by atoms with Crippen LogP contribution in [0.15, 0.2) is 46.9 Å². The Labute approximate surface area is 120 Å². The van der Waals surface area contributed by atoms with E-state index in [-0.39, 0.29) is 11.9 Å². The van der Waals surface area contributed by atoms with Crippen LogP contribution in [0.25, 0.3) is 0 Å². The lowest BCUT2D eigenvalue weighted by atomic mass is 9.97. The number of hydrogen-bond acceptors (Lipinski definition) is 2. The molecular formula is C15H16BrFN2. The van der Waals surface area contributed by atoms with E-state index < -0.39 is 0 Å². The molecule has 1 atom stereocenters. The smallest absolute Gasteiger partial charge is 0.123 e. The first kappa shape index (κ1) is 14.2. The Morgan fingerprint density at radius 1 is 1.26 bits per heavy atom. The molecule has 1 unspecified atom stereocenters. The lowest BCUT2D eigenvalue weighted by Gasteiger charge is -2.19. The number of hydrazine groups is 1. The van der Waals surface area contributed by atoms with Crippen molar-refractivity contribution < 1.29 is 4.39 Å². The first-order chi connectivity index (χ1) is 9.15. The average Bonchev–Trinajstić information content (AvgIpc) is 2.44. The van der Waals surface area contributed by atoms with Crippen LogP contribution >= 0.6 is 15.9 Å². The van der Waals surface area contributed by atoms with Crippen LogP contribution in [0.2, 0.25) is 0 Å². The maximum atomic E-state index is 13.4. The number of nitrogens with two attached hydrogens (primary N) is 1. The quantitative estimate of drug-likeness (QED) is 0.665. The molecule has 19 heavy (non-hydrogen) atoms. The third-order valence-corrected chi connectivity index (χ3v) is 3.85. The molecule has 0 saturated carbocycles. The highest BCUT2D eigenvalue weighted by atomic mass is 79.9. The predicted octanol–water partition coefficient (Wildman–Crippen LogP) is 3.70. The molecule has 0 fully saturated rings. The third-order valence-electron chi connectivity index (χ3n) is 3.13. The van der Waals surface area contributed by atoms with Crippen LogP contribution in [0.3, 0.4) is 0 Å². The van der Waals surface area contributed by atoms with Crippen LogP contribution in [0, 0.1) is 5.82 Å². The summed E-state index contributed by atoms with van der Waals surface area (Å²) in [5.74, 6) is 5.38. The van der Waals surface area contributed by atoms with Gasteiger partial charge in [-0.05, 0) is 41.3 Å². The zero-order valence-electron chi connectivity index (χ0n) is 10.7. The van der Waals surface area contributed by atoms with E-state index >= 15 is 0 Å². The van der Waals surface area contributed by atoms with Gasteiger partial charge in [0.2, 0.25) is 0 Å². The molecule has 0 aromatic heterocycles. The fourth-order valence-electron chi connectivity index (χ4n) is 2.09. The molecule has 0 bridgehead atoms. The summed E-state index contributed by atoms with van der Waals surface area (Å²) >= 11 is 3.44. The van der Waals surface area contributed by atoms with Gasteiger partial charge in [0.15, 0.2) is 0 Å². The van der Waals surface area contributed by atoms with Gasteiger partial charge in [0.05, 0.1) is 6.04 Å². The molecule has 2 rings (SSSR count). The number of halogens is 2. The highest BCUT2D eigenvalue weighted by molar-refractivity contribution is 9.10. The Kier molecular flexibility index (Phi) is 4.69. The van der Waals surface area contributed by atoms with Gasteiger partial charge in [-0.25, -0.2) is 9.82 Å². The van der Waals surface area contributed by atoms with E-state index in [1.807, 2.05) is 12.1 Å². The molecule has 2 nitrogen and oxygen atoms in total. The first-order valence-electron chi connectivity index (χ1n) is 6.15. The summed E-state index contributed by atoms with van der Waals surface area (Å²) in [7, 11) is 0.